The first-order valence-electron chi connectivity index (χ1n) is 17.6. The Balaban J connectivity index is 2.32. The van der Waals surface area contributed by atoms with Gasteiger partial charge in [-0.15, -0.1) is 0 Å². The van der Waals surface area contributed by atoms with Crippen LogP contribution in [-0.2, 0) is 35.9 Å². The molecule has 0 aliphatic heterocycles. The van der Waals surface area contributed by atoms with Crippen LogP contribution in [0.15, 0.2) is 30.3 Å². The molecule has 2 rings (SSSR count). The summed E-state index contributed by atoms with van der Waals surface area (Å²) in [6, 6.07) is 7.10. The zero-order valence-electron chi connectivity index (χ0n) is 29.8. The molecule has 2 amide bonds. The van der Waals surface area contributed by atoms with E-state index < -0.39 is 78.1 Å². The molecule has 13 heteroatoms. The molecule has 0 saturated heterocycles. The van der Waals surface area contributed by atoms with Gasteiger partial charge in [-0.25, -0.2) is 21.6 Å². The van der Waals surface area contributed by atoms with E-state index in [4.69, 9.17) is 0 Å². The van der Waals surface area contributed by atoms with E-state index in [1.807, 2.05) is 51.1 Å². The third-order valence-corrected chi connectivity index (χ3v) is 13.2. The normalized spacial score (nSPS) is 18.1. The van der Waals surface area contributed by atoms with Crippen LogP contribution in [0.3, 0.4) is 0 Å². The van der Waals surface area contributed by atoms with Crippen LogP contribution in [0, 0.1) is 17.8 Å². The molecule has 1 fully saturated rings. The Kier molecular flexibility index (Phi) is 17.0. The Hall–Kier alpha value is -2.06. The number of nitrogens with one attached hydrogen (secondary N) is 3. The maximum atomic E-state index is 13.9. The van der Waals surface area contributed by atoms with Gasteiger partial charge >= 0.3 is 0 Å². The third kappa shape index (κ3) is 14.4. The van der Waals surface area contributed by atoms with Gasteiger partial charge in [-0.1, -0.05) is 89.6 Å². The number of benzene rings is 1. The number of carbonyl (C=O) groups excluding carboxylic acids is 2. The zero-order valence-corrected chi connectivity index (χ0v) is 31.4. The molecule has 0 bridgehead atoms. The lowest BCUT2D eigenvalue weighted by molar-refractivity contribution is -0.132. The monoisotopic (exact) mass is 715 g/mol. The first-order chi connectivity index (χ1) is 22.3. The average Bonchev–Trinajstić information content (AvgIpc) is 2.99. The number of sulfonamides is 1. The van der Waals surface area contributed by atoms with Crippen molar-refractivity contribution < 1.29 is 36.6 Å². The van der Waals surface area contributed by atoms with Gasteiger partial charge in [0.15, 0.2) is 9.84 Å². The third-order valence-electron chi connectivity index (χ3n) is 9.08. The van der Waals surface area contributed by atoms with Crippen molar-refractivity contribution in [2.45, 2.75) is 135 Å². The van der Waals surface area contributed by atoms with E-state index >= 15 is 0 Å². The molecular weight excluding hydrogens is 655 g/mol. The topological polar surface area (TPSA) is 179 Å². The lowest BCUT2D eigenvalue weighted by Gasteiger charge is -2.33. The van der Waals surface area contributed by atoms with E-state index in [1.165, 1.54) is 0 Å². The van der Waals surface area contributed by atoms with E-state index in [0.29, 0.717) is 12.8 Å². The average molecular weight is 716 g/mol. The molecule has 0 radical (unpaired) electrons. The van der Waals surface area contributed by atoms with Gasteiger partial charge in [0.2, 0.25) is 21.8 Å². The van der Waals surface area contributed by atoms with Gasteiger partial charge in [0, 0.05) is 6.54 Å². The Labute approximate surface area is 289 Å². The summed E-state index contributed by atoms with van der Waals surface area (Å²) < 4.78 is 53.0. The summed E-state index contributed by atoms with van der Waals surface area (Å²) in [5.74, 6) is -3.09. The fourth-order valence-corrected chi connectivity index (χ4v) is 8.56. The minimum atomic E-state index is -3.88. The molecular formula is C35H61N3O8S2. The van der Waals surface area contributed by atoms with Crippen molar-refractivity contribution in [3.8, 4) is 0 Å². The molecule has 48 heavy (non-hydrogen) atoms. The number of carbonyl (C=O) groups is 2. The highest BCUT2D eigenvalue weighted by Crippen LogP contribution is 2.29. The molecule has 0 spiro atoms. The lowest BCUT2D eigenvalue weighted by Crippen LogP contribution is -2.57. The van der Waals surface area contributed by atoms with Crippen LogP contribution in [0.25, 0.3) is 0 Å². The number of aliphatic hydroxyl groups is 2. The molecule has 276 valence electrons. The van der Waals surface area contributed by atoms with Crippen LogP contribution in [-0.4, -0.2) is 86.0 Å². The van der Waals surface area contributed by atoms with Crippen molar-refractivity contribution in [3.63, 3.8) is 0 Å². The van der Waals surface area contributed by atoms with Gasteiger partial charge in [0.05, 0.1) is 34.3 Å². The maximum absolute atomic E-state index is 13.9. The summed E-state index contributed by atoms with van der Waals surface area (Å²) in [6.07, 6.45) is 3.83. The summed E-state index contributed by atoms with van der Waals surface area (Å²) >= 11 is 0. The fourth-order valence-electron chi connectivity index (χ4n) is 6.04. The van der Waals surface area contributed by atoms with Crippen LogP contribution in [0.5, 0.6) is 0 Å². The molecule has 5 atom stereocenters. The minimum absolute atomic E-state index is 0.0291. The summed E-state index contributed by atoms with van der Waals surface area (Å²) in [7, 11) is -7.58. The van der Waals surface area contributed by atoms with Crippen LogP contribution < -0.4 is 15.4 Å². The number of aliphatic hydroxyl groups excluding tert-OH is 2. The summed E-state index contributed by atoms with van der Waals surface area (Å²) in [5.41, 5.74) is 0.787. The summed E-state index contributed by atoms with van der Waals surface area (Å²) in [6.45, 7) is 10.7. The van der Waals surface area contributed by atoms with Gasteiger partial charge in [-0.3, -0.25) is 9.59 Å². The second-order valence-corrected chi connectivity index (χ2v) is 19.6. The number of rotatable bonds is 20. The molecule has 0 heterocycles. The maximum Gasteiger partial charge on any atom is 0.242 e. The largest absolute Gasteiger partial charge is 0.389 e. The Bertz CT molecular complexity index is 1340. The molecule has 11 nitrogen and oxygen atoms in total. The van der Waals surface area contributed by atoms with Crippen molar-refractivity contribution in [1.29, 1.82) is 0 Å². The Morgan fingerprint density at radius 2 is 1.54 bits per heavy atom. The van der Waals surface area contributed by atoms with Gasteiger partial charge < -0.3 is 20.8 Å². The molecule has 1 aromatic carbocycles. The molecule has 0 aromatic heterocycles. The smallest absolute Gasteiger partial charge is 0.242 e. The predicted molar refractivity (Wildman–Crippen MR) is 190 cm³/mol. The zero-order chi connectivity index (χ0) is 36.1. The van der Waals surface area contributed by atoms with Crippen molar-refractivity contribution in [3.05, 3.63) is 35.9 Å². The first kappa shape index (κ1) is 42.1. The van der Waals surface area contributed by atoms with E-state index in [-0.39, 0.29) is 31.2 Å². The fraction of sp³-hybridized carbons (Fsp3) is 0.771. The van der Waals surface area contributed by atoms with Crippen LogP contribution in [0.4, 0.5) is 0 Å². The minimum Gasteiger partial charge on any atom is -0.389 e. The van der Waals surface area contributed by atoms with Gasteiger partial charge in [-0.2, -0.15) is 0 Å². The van der Waals surface area contributed by atoms with Crippen molar-refractivity contribution >= 4 is 31.7 Å². The van der Waals surface area contributed by atoms with E-state index in [0.717, 1.165) is 44.1 Å². The highest BCUT2D eigenvalue weighted by molar-refractivity contribution is 7.92. The molecule has 5 N–H and O–H groups in total. The number of amides is 2. The summed E-state index contributed by atoms with van der Waals surface area (Å²) in [5, 5.41) is 27.9. The number of hydrogen-bond donors (Lipinski definition) is 5. The van der Waals surface area contributed by atoms with Gasteiger partial charge in [-0.05, 0) is 63.9 Å². The standard InChI is InChI=1S/C35H61N3O8S2/c1-7-8-19-36-48(45,46)24-31(39)32(40)29(22-27-17-13-10-14-18-27)37-34(42)30(20-25(2)3)38-33(41)28(21-26-15-11-9-12-16-26)23-47(43,44)35(4,5)6/h9,11-12,15-16,25,27-32,36,39-40H,7-8,10,13-14,17-24H2,1-6H3,(H,37,42)(H,38,41)/t28-,29+,30+,31+,32-/m1/s1. The van der Waals surface area contributed by atoms with Crippen LogP contribution in [0.1, 0.15) is 105 Å². The quantitative estimate of drug-likeness (QED) is 0.127. The highest BCUT2D eigenvalue weighted by Gasteiger charge is 2.38. The number of sulfone groups is 1. The van der Waals surface area contributed by atoms with Gasteiger partial charge in [0.25, 0.3) is 0 Å². The lowest BCUT2D eigenvalue weighted by atomic mass is 9.83. The number of hydrogen-bond acceptors (Lipinski definition) is 8. The second-order valence-electron chi connectivity index (χ2n) is 14.9. The highest BCUT2D eigenvalue weighted by atomic mass is 32.2. The second kappa shape index (κ2) is 19.4. The van der Waals surface area contributed by atoms with E-state index in [2.05, 4.69) is 15.4 Å². The number of unbranched alkanes of at least 4 members (excludes halogenated alkanes) is 1. The molecule has 1 saturated carbocycles. The van der Waals surface area contributed by atoms with Gasteiger partial charge in [0.1, 0.15) is 12.1 Å². The predicted octanol–water partition coefficient (Wildman–Crippen LogP) is 3.49. The SMILES string of the molecule is CCCCNS(=O)(=O)C[C@H](O)[C@H](O)[C@H](CC1CCCCC1)NC(=O)[C@H](CC(C)C)NC(=O)[C@H](Cc1ccccc1)CS(=O)(=O)C(C)(C)C. The van der Waals surface area contributed by atoms with E-state index in [1.54, 1.807) is 20.8 Å². The molecule has 0 unspecified atom stereocenters. The molecule has 1 aromatic rings. The molecule has 1 aliphatic rings. The summed E-state index contributed by atoms with van der Waals surface area (Å²) in [4.78, 5) is 27.8. The molecule has 1 aliphatic carbocycles. The Morgan fingerprint density at radius 3 is 2.10 bits per heavy atom. The van der Waals surface area contributed by atoms with Crippen molar-refractivity contribution in [1.82, 2.24) is 15.4 Å². The van der Waals surface area contributed by atoms with E-state index in [9.17, 15) is 36.6 Å². The van der Waals surface area contributed by atoms with Crippen LogP contribution in [0.2, 0.25) is 0 Å². The van der Waals surface area contributed by atoms with Crippen molar-refractivity contribution in [2.75, 3.05) is 18.1 Å². The van der Waals surface area contributed by atoms with Crippen molar-refractivity contribution in [2.24, 2.45) is 17.8 Å². The first-order valence-corrected chi connectivity index (χ1v) is 20.9. The Morgan fingerprint density at radius 1 is 0.917 bits per heavy atom. The van der Waals surface area contributed by atoms with Crippen LogP contribution >= 0.6 is 0 Å².